The number of hydrogen-bond acceptors (Lipinski definition) is 5. The lowest BCUT2D eigenvalue weighted by Gasteiger charge is -2.22. The maximum atomic E-state index is 14.1. The summed E-state index contributed by atoms with van der Waals surface area (Å²) in [5, 5.41) is 2.37. The highest BCUT2D eigenvalue weighted by Crippen LogP contribution is 2.32. The summed E-state index contributed by atoms with van der Waals surface area (Å²) in [4.78, 5) is 37.5. The molecule has 0 spiro atoms. The molecule has 1 aliphatic rings. The van der Waals surface area contributed by atoms with Gasteiger partial charge in [-0.05, 0) is 31.2 Å². The van der Waals surface area contributed by atoms with E-state index < -0.39 is 35.1 Å². The van der Waals surface area contributed by atoms with Crippen molar-refractivity contribution < 1.29 is 32.3 Å². The lowest BCUT2D eigenvalue weighted by atomic mass is 9.91. The molecule has 9 heteroatoms. The van der Waals surface area contributed by atoms with Crippen LogP contribution in [-0.4, -0.2) is 29.9 Å². The molecule has 1 atom stereocenters. The number of urea groups is 1. The lowest BCUT2D eigenvalue weighted by Crippen LogP contribution is -2.41. The highest BCUT2D eigenvalue weighted by molar-refractivity contribution is 6.07. The molecule has 2 heterocycles. The number of esters is 1. The first-order valence-corrected chi connectivity index (χ1v) is 7.52. The fourth-order valence-corrected chi connectivity index (χ4v) is 2.81. The summed E-state index contributed by atoms with van der Waals surface area (Å²) in [5.74, 6) is -3.28. The molecule has 0 radical (unpaired) electrons. The minimum absolute atomic E-state index is 0.154. The van der Waals surface area contributed by atoms with E-state index in [0.717, 1.165) is 30.2 Å². The van der Waals surface area contributed by atoms with E-state index in [1.54, 1.807) is 0 Å². The van der Waals surface area contributed by atoms with E-state index >= 15 is 0 Å². The highest BCUT2D eigenvalue weighted by Gasteiger charge is 2.50. The summed E-state index contributed by atoms with van der Waals surface area (Å²) in [6, 6.07) is 3.25. The first-order chi connectivity index (χ1) is 12.3. The van der Waals surface area contributed by atoms with Crippen molar-refractivity contribution >= 4 is 17.9 Å². The molecule has 0 saturated carbocycles. The van der Waals surface area contributed by atoms with Gasteiger partial charge in [-0.25, -0.2) is 18.4 Å². The number of rotatable bonds is 4. The summed E-state index contributed by atoms with van der Waals surface area (Å²) in [7, 11) is 1.16. The minimum Gasteiger partial charge on any atom is -0.463 e. The van der Waals surface area contributed by atoms with Crippen LogP contribution in [0.4, 0.5) is 13.6 Å². The van der Waals surface area contributed by atoms with Gasteiger partial charge in [0.25, 0.3) is 5.91 Å². The molecule has 3 rings (SSSR count). The second kappa shape index (κ2) is 6.25. The molecule has 1 aliphatic heterocycles. The molecule has 1 aromatic heterocycles. The number of methoxy groups -OCH3 is 1. The van der Waals surface area contributed by atoms with Crippen LogP contribution in [0.3, 0.4) is 0 Å². The van der Waals surface area contributed by atoms with Crippen molar-refractivity contribution in [1.29, 1.82) is 0 Å². The molecule has 1 aromatic carbocycles. The fourth-order valence-electron chi connectivity index (χ4n) is 2.81. The number of hydrogen-bond donors (Lipinski definition) is 1. The van der Waals surface area contributed by atoms with Gasteiger partial charge in [0.05, 0.1) is 19.9 Å². The zero-order valence-electron chi connectivity index (χ0n) is 13.8. The van der Waals surface area contributed by atoms with Crippen LogP contribution in [0.2, 0.25) is 0 Å². The Hall–Kier alpha value is -3.23. The number of halogens is 2. The number of imide groups is 1. The number of carbonyl (C=O) groups excluding carboxylic acids is 3. The minimum atomic E-state index is -1.78. The topological polar surface area (TPSA) is 88.8 Å². The number of furan rings is 1. The van der Waals surface area contributed by atoms with Crippen LogP contribution in [-0.2, 0) is 21.6 Å². The monoisotopic (exact) mass is 364 g/mol. The predicted molar refractivity (Wildman–Crippen MR) is 82.8 cm³/mol. The summed E-state index contributed by atoms with van der Waals surface area (Å²) in [6.45, 7) is 0.986. The number of amides is 3. The Morgan fingerprint density at radius 3 is 2.73 bits per heavy atom. The lowest BCUT2D eigenvalue weighted by molar-refractivity contribution is -0.131. The van der Waals surface area contributed by atoms with Crippen molar-refractivity contribution in [2.24, 2.45) is 0 Å². The van der Waals surface area contributed by atoms with Crippen molar-refractivity contribution in [1.82, 2.24) is 10.2 Å². The molecule has 0 aliphatic carbocycles. The summed E-state index contributed by atoms with van der Waals surface area (Å²) in [5.41, 5.74) is -1.83. The van der Waals surface area contributed by atoms with Gasteiger partial charge in [0, 0.05) is 11.1 Å². The third-order valence-electron chi connectivity index (χ3n) is 4.19. The Morgan fingerprint density at radius 2 is 2.04 bits per heavy atom. The van der Waals surface area contributed by atoms with Crippen molar-refractivity contribution in [2.75, 3.05) is 7.11 Å². The third kappa shape index (κ3) is 2.71. The second-order valence-electron chi connectivity index (χ2n) is 5.84. The van der Waals surface area contributed by atoms with Gasteiger partial charge < -0.3 is 14.5 Å². The van der Waals surface area contributed by atoms with E-state index in [-0.39, 0.29) is 23.4 Å². The normalized spacial score (nSPS) is 19.6. The first-order valence-electron chi connectivity index (χ1n) is 7.52. The molecule has 1 unspecified atom stereocenters. The molecule has 0 bridgehead atoms. The van der Waals surface area contributed by atoms with E-state index in [2.05, 4.69) is 10.1 Å². The molecular weight excluding hydrogens is 350 g/mol. The van der Waals surface area contributed by atoms with E-state index in [1.807, 2.05) is 0 Å². The zero-order chi connectivity index (χ0) is 19.1. The Morgan fingerprint density at radius 1 is 1.31 bits per heavy atom. The number of benzene rings is 1. The van der Waals surface area contributed by atoms with Gasteiger partial charge in [-0.1, -0.05) is 0 Å². The molecule has 26 heavy (non-hydrogen) atoms. The van der Waals surface area contributed by atoms with Gasteiger partial charge in [-0.3, -0.25) is 9.69 Å². The van der Waals surface area contributed by atoms with Gasteiger partial charge in [-0.15, -0.1) is 0 Å². The molecular formula is C17H14F2N2O5. The standard InChI is InChI=1S/C17H14F2N2O5/c1-17(11-7-10(18)3-4-12(11)19)15(23)21(16(24)20-17)8-9-5-6-26-13(9)14(22)25-2/h3-7H,8H2,1-2H3,(H,20,24). The maximum absolute atomic E-state index is 14.1. The van der Waals surface area contributed by atoms with Crippen molar-refractivity contribution in [3.63, 3.8) is 0 Å². The summed E-state index contributed by atoms with van der Waals surface area (Å²) < 4.78 is 37.2. The quantitative estimate of drug-likeness (QED) is 0.664. The smallest absolute Gasteiger partial charge is 0.374 e. The van der Waals surface area contributed by atoms with Crippen LogP contribution in [0, 0.1) is 11.6 Å². The van der Waals surface area contributed by atoms with Gasteiger partial charge in [0.1, 0.15) is 17.2 Å². The van der Waals surface area contributed by atoms with Gasteiger partial charge >= 0.3 is 12.0 Å². The number of carbonyl (C=O) groups is 3. The summed E-state index contributed by atoms with van der Waals surface area (Å²) in [6.07, 6.45) is 1.21. The number of nitrogens with one attached hydrogen (secondary N) is 1. The average molecular weight is 364 g/mol. The third-order valence-corrected chi connectivity index (χ3v) is 4.19. The largest absolute Gasteiger partial charge is 0.463 e. The van der Waals surface area contributed by atoms with Crippen LogP contribution in [0.15, 0.2) is 34.9 Å². The maximum Gasteiger partial charge on any atom is 0.374 e. The van der Waals surface area contributed by atoms with Crippen molar-refractivity contribution in [3.8, 4) is 0 Å². The van der Waals surface area contributed by atoms with E-state index in [1.165, 1.54) is 19.3 Å². The van der Waals surface area contributed by atoms with Crippen LogP contribution < -0.4 is 5.32 Å². The Bertz CT molecular complexity index is 910. The SMILES string of the molecule is COC(=O)c1occc1CN1C(=O)NC(C)(c2cc(F)ccc2F)C1=O. The van der Waals surface area contributed by atoms with Crippen molar-refractivity contribution in [2.45, 2.75) is 19.0 Å². The predicted octanol–water partition coefficient (Wildman–Crippen LogP) is 2.31. The zero-order valence-corrected chi connectivity index (χ0v) is 13.8. The molecule has 2 aromatic rings. The average Bonchev–Trinajstić information content (AvgIpc) is 3.15. The van der Waals surface area contributed by atoms with Crippen LogP contribution in [0.25, 0.3) is 0 Å². The highest BCUT2D eigenvalue weighted by atomic mass is 19.1. The van der Waals surface area contributed by atoms with Gasteiger partial charge in [0.15, 0.2) is 0 Å². The van der Waals surface area contributed by atoms with E-state index in [9.17, 15) is 23.2 Å². The molecule has 7 nitrogen and oxygen atoms in total. The van der Waals surface area contributed by atoms with Gasteiger partial charge in [0.2, 0.25) is 5.76 Å². The Kier molecular flexibility index (Phi) is 4.23. The van der Waals surface area contributed by atoms with E-state index in [0.29, 0.717) is 0 Å². The first kappa shape index (κ1) is 17.6. The van der Waals surface area contributed by atoms with E-state index in [4.69, 9.17) is 4.42 Å². The van der Waals surface area contributed by atoms with Crippen LogP contribution in [0.5, 0.6) is 0 Å². The Labute approximate surface area is 146 Å². The molecule has 1 N–H and O–H groups in total. The molecule has 1 fully saturated rings. The van der Waals surface area contributed by atoms with Gasteiger partial charge in [-0.2, -0.15) is 0 Å². The second-order valence-corrected chi connectivity index (χ2v) is 5.84. The van der Waals surface area contributed by atoms with Crippen LogP contribution in [0.1, 0.15) is 28.6 Å². The Balaban J connectivity index is 1.94. The summed E-state index contributed by atoms with van der Waals surface area (Å²) >= 11 is 0. The number of ether oxygens (including phenoxy) is 1. The number of nitrogens with zero attached hydrogens (tertiary/aromatic N) is 1. The van der Waals surface area contributed by atoms with Crippen molar-refractivity contribution in [3.05, 3.63) is 59.1 Å². The molecule has 1 saturated heterocycles. The molecule has 136 valence electrons. The fraction of sp³-hybridized carbons (Fsp3) is 0.235. The van der Waals surface area contributed by atoms with Crippen LogP contribution >= 0.6 is 0 Å². The molecule has 3 amide bonds.